The van der Waals surface area contributed by atoms with Crippen molar-refractivity contribution in [1.29, 1.82) is 5.26 Å². The Bertz CT molecular complexity index is 801. The van der Waals surface area contributed by atoms with Gasteiger partial charge in [0.25, 0.3) is 0 Å². The molecule has 0 radical (unpaired) electrons. The molecule has 7 nitrogen and oxygen atoms in total. The van der Waals surface area contributed by atoms with Crippen LogP contribution in [-0.4, -0.2) is 38.0 Å². The molecule has 1 aliphatic rings. The van der Waals surface area contributed by atoms with Gasteiger partial charge in [-0.25, -0.2) is 4.52 Å². The van der Waals surface area contributed by atoms with Gasteiger partial charge in [0.2, 0.25) is 0 Å². The van der Waals surface area contributed by atoms with Gasteiger partial charge in [0.1, 0.15) is 22.9 Å². The zero-order valence-electron chi connectivity index (χ0n) is 14.7. The van der Waals surface area contributed by atoms with Crippen molar-refractivity contribution in [2.75, 3.05) is 13.1 Å². The van der Waals surface area contributed by atoms with Crippen LogP contribution in [0.1, 0.15) is 38.7 Å². The molecule has 3 N–H and O–H groups in total. The van der Waals surface area contributed by atoms with Crippen molar-refractivity contribution in [3.63, 3.8) is 0 Å². The molecular weight excluding hydrogens is 316 g/mol. The summed E-state index contributed by atoms with van der Waals surface area (Å²) in [5.74, 6) is 0.0257. The molecule has 0 atom stereocenters. The van der Waals surface area contributed by atoms with Gasteiger partial charge in [-0.05, 0) is 32.0 Å². The molecule has 0 unspecified atom stereocenters. The van der Waals surface area contributed by atoms with E-state index in [1.54, 1.807) is 24.7 Å². The van der Waals surface area contributed by atoms with Crippen LogP contribution in [-0.2, 0) is 0 Å². The molecule has 3 aromatic heterocycles. The smallest absolute Gasteiger partial charge is 0.143 e. The Balaban J connectivity index is 0.000000237. The number of nitriles is 1. The Morgan fingerprint density at radius 2 is 1.92 bits per heavy atom. The van der Waals surface area contributed by atoms with Crippen molar-refractivity contribution in [3.05, 3.63) is 36.4 Å². The van der Waals surface area contributed by atoms with E-state index in [2.05, 4.69) is 20.6 Å². The van der Waals surface area contributed by atoms with E-state index >= 15 is 0 Å². The maximum atomic E-state index is 9.91. The van der Waals surface area contributed by atoms with Crippen LogP contribution < -0.4 is 5.32 Å². The quantitative estimate of drug-likeness (QED) is 0.632. The highest BCUT2D eigenvalue weighted by Gasteiger charge is 2.11. The Labute approximate surface area is 147 Å². The third-order valence-electron chi connectivity index (χ3n) is 3.75. The molecule has 3 aromatic rings. The van der Waals surface area contributed by atoms with Crippen LogP contribution in [0.3, 0.4) is 0 Å². The first kappa shape index (κ1) is 18.5. The van der Waals surface area contributed by atoms with E-state index in [1.807, 2.05) is 19.9 Å². The minimum Gasteiger partial charge on any atom is -0.506 e. The summed E-state index contributed by atoms with van der Waals surface area (Å²) in [6.07, 6.45) is 10.7. The second-order valence-electron chi connectivity index (χ2n) is 5.37. The molecule has 1 saturated heterocycles. The number of pyridine rings is 1. The second-order valence-corrected chi connectivity index (χ2v) is 5.37. The van der Waals surface area contributed by atoms with E-state index in [1.165, 1.54) is 43.1 Å². The number of nitrogens with zero attached hydrogens (tertiary/aromatic N) is 4. The molecule has 0 saturated carbocycles. The number of aromatic hydroxyl groups is 1. The predicted molar refractivity (Wildman–Crippen MR) is 97.2 cm³/mol. The number of fused-ring (bicyclic) bond motifs is 1. The van der Waals surface area contributed by atoms with Gasteiger partial charge in [-0.2, -0.15) is 15.5 Å². The van der Waals surface area contributed by atoms with E-state index < -0.39 is 0 Å². The van der Waals surface area contributed by atoms with Gasteiger partial charge < -0.3 is 10.4 Å². The summed E-state index contributed by atoms with van der Waals surface area (Å²) in [6.45, 7) is 6.50. The average Bonchev–Trinajstić information content (AvgIpc) is 3.35. The predicted octanol–water partition coefficient (Wildman–Crippen LogP) is 3.09. The highest BCUT2D eigenvalue weighted by atomic mass is 16.3. The van der Waals surface area contributed by atoms with Crippen LogP contribution >= 0.6 is 0 Å². The van der Waals surface area contributed by atoms with E-state index in [-0.39, 0.29) is 5.75 Å². The van der Waals surface area contributed by atoms with Crippen molar-refractivity contribution in [2.45, 2.75) is 33.1 Å². The molecule has 25 heavy (non-hydrogen) atoms. The number of aromatic nitrogens is 4. The Morgan fingerprint density at radius 3 is 2.44 bits per heavy atom. The molecule has 4 heterocycles. The van der Waals surface area contributed by atoms with Gasteiger partial charge in [-0.15, -0.1) is 0 Å². The first-order chi connectivity index (χ1) is 12.3. The normalized spacial score (nSPS) is 13.2. The van der Waals surface area contributed by atoms with Gasteiger partial charge in [-0.1, -0.05) is 20.3 Å². The van der Waals surface area contributed by atoms with Crippen molar-refractivity contribution in [3.8, 4) is 22.9 Å². The summed E-state index contributed by atoms with van der Waals surface area (Å²) in [6, 6.07) is 3.57. The first-order valence-corrected chi connectivity index (χ1v) is 8.60. The van der Waals surface area contributed by atoms with Crippen LogP contribution in [0, 0.1) is 11.3 Å². The number of piperidine rings is 1. The summed E-state index contributed by atoms with van der Waals surface area (Å²) in [7, 11) is 0. The molecule has 1 fully saturated rings. The number of nitrogens with one attached hydrogen (secondary N) is 2. The van der Waals surface area contributed by atoms with Crippen LogP contribution in [0.25, 0.3) is 16.6 Å². The largest absolute Gasteiger partial charge is 0.506 e. The molecule has 0 spiro atoms. The lowest BCUT2D eigenvalue weighted by Gasteiger charge is -2.08. The fourth-order valence-corrected chi connectivity index (χ4v) is 2.55. The van der Waals surface area contributed by atoms with E-state index in [0.717, 1.165) is 11.1 Å². The number of hydrogen-bond donors (Lipinski definition) is 3. The van der Waals surface area contributed by atoms with E-state index in [9.17, 15) is 5.11 Å². The fraction of sp³-hybridized carbons (Fsp3) is 0.389. The molecule has 7 heteroatoms. The maximum Gasteiger partial charge on any atom is 0.143 e. The molecule has 132 valence electrons. The molecule has 0 bridgehead atoms. The molecule has 1 aliphatic heterocycles. The van der Waals surface area contributed by atoms with Gasteiger partial charge >= 0.3 is 0 Å². The monoisotopic (exact) mass is 340 g/mol. The summed E-state index contributed by atoms with van der Waals surface area (Å²) < 4.78 is 1.48. The molecule has 0 aromatic carbocycles. The van der Waals surface area contributed by atoms with Gasteiger partial charge in [0, 0.05) is 23.5 Å². The van der Waals surface area contributed by atoms with Gasteiger partial charge in [0.05, 0.1) is 12.4 Å². The van der Waals surface area contributed by atoms with E-state index in [4.69, 9.17) is 5.26 Å². The third-order valence-corrected chi connectivity index (χ3v) is 3.75. The topological polar surface area (TPSA) is 102 Å². The molecule has 0 aliphatic carbocycles. The maximum absolute atomic E-state index is 9.91. The SMILES string of the molecule is C1CCNCC1.CC.N#Cc1cnn2cc(-c3cn[nH]c3)cc(O)c12. The minimum atomic E-state index is 0.0257. The highest BCUT2D eigenvalue weighted by molar-refractivity contribution is 5.74. The summed E-state index contributed by atoms with van der Waals surface area (Å²) in [5, 5.41) is 32.6. The zero-order valence-corrected chi connectivity index (χ0v) is 14.7. The van der Waals surface area contributed by atoms with Gasteiger partial charge in [-0.3, -0.25) is 5.10 Å². The first-order valence-electron chi connectivity index (χ1n) is 8.60. The number of rotatable bonds is 1. The summed E-state index contributed by atoms with van der Waals surface area (Å²) >= 11 is 0. The lowest BCUT2D eigenvalue weighted by atomic mass is 10.1. The third kappa shape index (κ3) is 4.58. The average molecular weight is 340 g/mol. The Morgan fingerprint density at radius 1 is 1.16 bits per heavy atom. The van der Waals surface area contributed by atoms with E-state index in [0.29, 0.717) is 11.1 Å². The number of H-pyrrole nitrogens is 1. The van der Waals surface area contributed by atoms with Crippen molar-refractivity contribution < 1.29 is 5.11 Å². The van der Waals surface area contributed by atoms with Crippen molar-refractivity contribution >= 4 is 5.52 Å². The summed E-state index contributed by atoms with van der Waals surface area (Å²) in [4.78, 5) is 0. The van der Waals surface area contributed by atoms with Gasteiger partial charge in [0.15, 0.2) is 0 Å². The Hall–Kier alpha value is -2.85. The highest BCUT2D eigenvalue weighted by Crippen LogP contribution is 2.28. The lowest BCUT2D eigenvalue weighted by Crippen LogP contribution is -2.21. The molecule has 0 amide bonds. The second kappa shape index (κ2) is 9.45. The van der Waals surface area contributed by atoms with Crippen molar-refractivity contribution in [2.24, 2.45) is 0 Å². The standard InChI is InChI=1S/C11H7N5O.C5H11N.C2H6/c12-2-8-5-15-16-6-7(1-10(17)11(8)16)9-3-13-14-4-9;1-2-4-6-5-3-1;1-2/h1,3-6,17H,(H,13,14);6H,1-5H2;1-2H3. The summed E-state index contributed by atoms with van der Waals surface area (Å²) in [5.41, 5.74) is 2.38. The minimum absolute atomic E-state index is 0.0257. The van der Waals surface area contributed by atoms with Crippen molar-refractivity contribution in [1.82, 2.24) is 25.1 Å². The molecule has 4 rings (SSSR count). The number of hydrogen-bond acceptors (Lipinski definition) is 5. The van der Waals surface area contributed by atoms with Crippen LogP contribution in [0.15, 0.2) is 30.9 Å². The zero-order chi connectivity index (χ0) is 18.1. The Kier molecular flexibility index (Phi) is 6.99. The molecular formula is C18H24N6O. The van der Waals surface area contributed by atoms with Crippen LogP contribution in [0.4, 0.5) is 0 Å². The lowest BCUT2D eigenvalue weighted by molar-refractivity contribution is 0.478. The number of aromatic amines is 1. The fourth-order valence-electron chi connectivity index (χ4n) is 2.55. The van der Waals surface area contributed by atoms with Crippen LogP contribution in [0.2, 0.25) is 0 Å². The van der Waals surface area contributed by atoms with Crippen LogP contribution in [0.5, 0.6) is 5.75 Å².